The molecule has 2 heterocycles. The molecule has 0 aromatic carbocycles. The van der Waals surface area contributed by atoms with Gasteiger partial charge in [-0.05, 0) is 0 Å². The molecule has 0 saturated carbocycles. The van der Waals surface area contributed by atoms with E-state index in [1.54, 1.807) is 0 Å². The van der Waals surface area contributed by atoms with Crippen molar-refractivity contribution in [3.05, 3.63) is 28.4 Å². The summed E-state index contributed by atoms with van der Waals surface area (Å²) in [6, 6.07) is -0.901. The normalized spacial score (nSPS) is 30.1. The van der Waals surface area contributed by atoms with Crippen LogP contribution in [0.5, 0.6) is 0 Å². The van der Waals surface area contributed by atoms with Gasteiger partial charge in [-0.2, -0.15) is 0 Å². The zero-order chi connectivity index (χ0) is 14.9. The zero-order valence-corrected chi connectivity index (χ0v) is 10.4. The lowest BCUT2D eigenvalue weighted by Crippen LogP contribution is -2.53. The molecule has 0 unspecified atom stereocenters. The van der Waals surface area contributed by atoms with Gasteiger partial charge >= 0.3 is 0 Å². The molecule has 4 atom stereocenters. The van der Waals surface area contributed by atoms with Crippen LogP contribution >= 0.6 is 0 Å². The number of nitrogens with zero attached hydrogens (tertiary/aromatic N) is 2. The topological polar surface area (TPSA) is 148 Å². The van der Waals surface area contributed by atoms with Crippen molar-refractivity contribution in [2.75, 3.05) is 13.2 Å². The summed E-state index contributed by atoms with van der Waals surface area (Å²) in [4.78, 5) is 26.7. The fourth-order valence-electron chi connectivity index (χ4n) is 2.13. The lowest BCUT2D eigenvalue weighted by Gasteiger charge is -2.37. The van der Waals surface area contributed by atoms with E-state index in [4.69, 9.17) is 15.6 Å². The van der Waals surface area contributed by atoms with Crippen LogP contribution in [0, 0.1) is 0 Å². The van der Waals surface area contributed by atoms with E-state index in [1.807, 2.05) is 0 Å². The second-order valence-electron chi connectivity index (χ2n) is 4.46. The van der Waals surface area contributed by atoms with Crippen molar-refractivity contribution in [2.45, 2.75) is 24.4 Å². The first-order chi connectivity index (χ1) is 9.47. The van der Waals surface area contributed by atoms with Crippen LogP contribution in [-0.2, 0) is 4.74 Å². The largest absolute Gasteiger partial charge is 0.394 e. The number of primary amides is 1. The first-order valence-electron chi connectivity index (χ1n) is 5.93. The fourth-order valence-corrected chi connectivity index (χ4v) is 2.13. The number of hydrogen-bond donors (Lipinski definition) is 4. The Morgan fingerprint density at radius 3 is 2.80 bits per heavy atom. The molecule has 9 nitrogen and oxygen atoms in total. The Balaban J connectivity index is 2.36. The van der Waals surface area contributed by atoms with Gasteiger partial charge in [0.2, 0.25) is 0 Å². The highest BCUT2D eigenvalue weighted by Crippen LogP contribution is 2.23. The second-order valence-corrected chi connectivity index (χ2v) is 4.46. The van der Waals surface area contributed by atoms with Gasteiger partial charge in [-0.3, -0.25) is 9.59 Å². The van der Waals surface area contributed by atoms with Crippen molar-refractivity contribution in [1.29, 1.82) is 0 Å². The van der Waals surface area contributed by atoms with Gasteiger partial charge in [-0.25, -0.2) is 4.98 Å². The van der Waals surface area contributed by atoms with Crippen LogP contribution in [0.3, 0.4) is 0 Å². The van der Waals surface area contributed by atoms with E-state index in [0.717, 1.165) is 4.57 Å². The maximum absolute atomic E-state index is 12.0. The van der Waals surface area contributed by atoms with Crippen LogP contribution in [0.15, 0.2) is 17.2 Å². The number of amides is 1. The predicted octanol–water partition coefficient (Wildman–Crippen LogP) is -3.00. The van der Waals surface area contributed by atoms with Gasteiger partial charge in [0.05, 0.1) is 19.3 Å². The Labute approximate surface area is 113 Å². The Bertz CT molecular complexity index is 559. The van der Waals surface area contributed by atoms with Crippen LogP contribution in [0.25, 0.3) is 0 Å². The van der Waals surface area contributed by atoms with Gasteiger partial charge in [0.25, 0.3) is 11.5 Å². The number of nitrogens with two attached hydrogens (primary N) is 1. The van der Waals surface area contributed by atoms with Crippen molar-refractivity contribution in [2.24, 2.45) is 5.73 Å². The molecule has 1 aliphatic rings. The van der Waals surface area contributed by atoms with E-state index in [2.05, 4.69) is 4.98 Å². The molecule has 5 N–H and O–H groups in total. The summed E-state index contributed by atoms with van der Waals surface area (Å²) in [5.41, 5.74) is 3.79. The van der Waals surface area contributed by atoms with E-state index < -0.39 is 48.1 Å². The summed E-state index contributed by atoms with van der Waals surface area (Å²) in [5, 5.41) is 28.8. The maximum atomic E-state index is 12.0. The third-order valence-corrected chi connectivity index (χ3v) is 3.24. The number of aliphatic hydroxyl groups is 3. The monoisotopic (exact) mass is 285 g/mol. The maximum Gasteiger partial charge on any atom is 0.282 e. The number of carbonyl (C=O) groups is 1. The van der Waals surface area contributed by atoms with Crippen LogP contribution in [0.4, 0.5) is 0 Å². The molecule has 20 heavy (non-hydrogen) atoms. The van der Waals surface area contributed by atoms with Crippen molar-refractivity contribution in [1.82, 2.24) is 9.55 Å². The van der Waals surface area contributed by atoms with Gasteiger partial charge in [0.15, 0.2) is 5.69 Å². The Kier molecular flexibility index (Phi) is 4.14. The van der Waals surface area contributed by atoms with E-state index in [1.165, 1.54) is 12.4 Å². The molecule has 110 valence electrons. The van der Waals surface area contributed by atoms with Gasteiger partial charge in [0.1, 0.15) is 18.3 Å². The van der Waals surface area contributed by atoms with Crippen LogP contribution in [0.2, 0.25) is 0 Å². The standard InChI is InChI=1S/C11H15N3O6/c12-10(18)7-11(19)14(2-1-13-7)5-4-20-6(3-15)9(17)8(5)16/h1-2,5-6,8-9,15-17H,3-4H2,(H2,12,18)/t5-,6-,8+,9-/m1/s1. The van der Waals surface area contributed by atoms with Crippen molar-refractivity contribution in [3.8, 4) is 0 Å². The third-order valence-electron chi connectivity index (χ3n) is 3.24. The highest BCUT2D eigenvalue weighted by molar-refractivity contribution is 5.90. The summed E-state index contributed by atoms with van der Waals surface area (Å²) < 4.78 is 6.21. The predicted molar refractivity (Wildman–Crippen MR) is 64.9 cm³/mol. The molecule has 0 spiro atoms. The van der Waals surface area contributed by atoms with E-state index in [-0.39, 0.29) is 6.61 Å². The average molecular weight is 285 g/mol. The first-order valence-corrected chi connectivity index (χ1v) is 5.93. The molecule has 9 heteroatoms. The van der Waals surface area contributed by atoms with Crippen LogP contribution in [-0.4, -0.2) is 62.3 Å². The molecule has 1 aromatic rings. The molecule has 0 radical (unpaired) electrons. The number of aromatic nitrogens is 2. The van der Waals surface area contributed by atoms with E-state index >= 15 is 0 Å². The number of aliphatic hydroxyl groups excluding tert-OH is 3. The molecule has 1 aromatic heterocycles. The number of hydrogen-bond acceptors (Lipinski definition) is 7. The molecule has 2 rings (SSSR count). The highest BCUT2D eigenvalue weighted by atomic mass is 16.5. The highest BCUT2D eigenvalue weighted by Gasteiger charge is 2.39. The van der Waals surface area contributed by atoms with Crippen LogP contribution < -0.4 is 11.3 Å². The third kappa shape index (κ3) is 2.43. The Hall–Kier alpha value is -1.81. The zero-order valence-electron chi connectivity index (χ0n) is 10.4. The number of carbonyl (C=O) groups excluding carboxylic acids is 1. The number of ether oxygens (including phenoxy) is 1. The molecule has 0 aliphatic carbocycles. The summed E-state index contributed by atoms with van der Waals surface area (Å²) in [6.45, 7) is -0.561. The van der Waals surface area contributed by atoms with Gasteiger partial charge < -0.3 is 30.4 Å². The smallest absolute Gasteiger partial charge is 0.282 e. The molecule has 1 fully saturated rings. The average Bonchev–Trinajstić information content (AvgIpc) is 2.42. The molecule has 1 aliphatic heterocycles. The lowest BCUT2D eigenvalue weighted by atomic mass is 9.98. The summed E-state index contributed by atoms with van der Waals surface area (Å²) in [5.74, 6) is -0.982. The van der Waals surface area contributed by atoms with Crippen molar-refractivity contribution >= 4 is 5.91 Å². The van der Waals surface area contributed by atoms with Gasteiger partial charge in [-0.15, -0.1) is 0 Å². The Morgan fingerprint density at radius 1 is 1.50 bits per heavy atom. The number of rotatable bonds is 3. The summed E-state index contributed by atoms with van der Waals surface area (Å²) >= 11 is 0. The first kappa shape index (κ1) is 14.6. The van der Waals surface area contributed by atoms with E-state index in [0.29, 0.717) is 0 Å². The molecular formula is C11H15N3O6. The van der Waals surface area contributed by atoms with Crippen LogP contribution in [0.1, 0.15) is 16.5 Å². The van der Waals surface area contributed by atoms with Gasteiger partial charge in [-0.1, -0.05) is 0 Å². The Morgan fingerprint density at radius 2 is 2.20 bits per heavy atom. The molecule has 1 amide bonds. The fraction of sp³-hybridized carbons (Fsp3) is 0.545. The molecule has 1 saturated heterocycles. The summed E-state index contributed by atoms with van der Waals surface area (Å²) in [7, 11) is 0. The quantitative estimate of drug-likeness (QED) is 0.462. The van der Waals surface area contributed by atoms with Crippen molar-refractivity contribution < 1.29 is 24.9 Å². The lowest BCUT2D eigenvalue weighted by molar-refractivity contribution is -0.170. The molecule has 0 bridgehead atoms. The van der Waals surface area contributed by atoms with E-state index in [9.17, 15) is 19.8 Å². The SMILES string of the molecule is NC(=O)c1nccn([C@@H]2CO[C@H](CO)[C@@H](O)[C@H]2O)c1=O. The minimum Gasteiger partial charge on any atom is -0.394 e. The minimum atomic E-state index is -1.35. The van der Waals surface area contributed by atoms with Gasteiger partial charge in [0, 0.05) is 12.4 Å². The minimum absolute atomic E-state index is 0.106. The molecular weight excluding hydrogens is 270 g/mol. The second kappa shape index (κ2) is 5.67. The summed E-state index contributed by atoms with van der Waals surface area (Å²) in [6.07, 6.45) is -1.15. The van der Waals surface area contributed by atoms with Crippen molar-refractivity contribution in [3.63, 3.8) is 0 Å².